The normalized spacial score (nSPS) is 15.5. The fourth-order valence-electron chi connectivity index (χ4n) is 2.38. The summed E-state index contributed by atoms with van der Waals surface area (Å²) in [6.45, 7) is 10.6. The van der Waals surface area contributed by atoms with Crippen LogP contribution in [0, 0.1) is 0 Å². The molecule has 0 aromatic carbocycles. The summed E-state index contributed by atoms with van der Waals surface area (Å²) in [5, 5.41) is 11.3. The third kappa shape index (κ3) is 4.64. The van der Waals surface area contributed by atoms with Crippen molar-refractivity contribution in [1.29, 1.82) is 0 Å². The number of anilines is 1. The number of carbonyl (C=O) groups is 1. The Morgan fingerprint density at radius 3 is 2.59 bits per heavy atom. The summed E-state index contributed by atoms with van der Waals surface area (Å²) in [5.74, 6) is 0.627. The van der Waals surface area contributed by atoms with Gasteiger partial charge in [-0.15, -0.1) is 10.2 Å². The molecule has 1 saturated heterocycles. The van der Waals surface area contributed by atoms with Gasteiger partial charge in [0.2, 0.25) is 0 Å². The molecule has 22 heavy (non-hydrogen) atoms. The molecule has 0 unspecified atom stereocenters. The van der Waals surface area contributed by atoms with Crippen LogP contribution in [-0.2, 0) is 4.74 Å². The van der Waals surface area contributed by atoms with Gasteiger partial charge in [-0.3, -0.25) is 9.69 Å². The van der Waals surface area contributed by atoms with Gasteiger partial charge in [-0.05, 0) is 26.0 Å². The quantitative estimate of drug-likeness (QED) is 0.800. The van der Waals surface area contributed by atoms with Crippen LogP contribution in [0.1, 0.15) is 24.3 Å². The number of morpholine rings is 1. The van der Waals surface area contributed by atoms with Crippen LogP contribution in [0.3, 0.4) is 0 Å². The number of carbonyl (C=O) groups excluding carboxylic acids is 1. The smallest absolute Gasteiger partial charge is 0.274 e. The Bertz CT molecular complexity index is 456. The molecule has 1 amide bonds. The van der Waals surface area contributed by atoms with Crippen LogP contribution < -0.4 is 5.32 Å². The van der Waals surface area contributed by atoms with Crippen molar-refractivity contribution in [2.45, 2.75) is 13.8 Å². The van der Waals surface area contributed by atoms with Crippen molar-refractivity contribution in [3.05, 3.63) is 17.8 Å². The van der Waals surface area contributed by atoms with Crippen molar-refractivity contribution >= 4 is 11.7 Å². The van der Waals surface area contributed by atoms with E-state index in [9.17, 15) is 4.79 Å². The third-order valence-corrected chi connectivity index (χ3v) is 3.77. The van der Waals surface area contributed by atoms with E-state index in [1.165, 1.54) is 0 Å². The lowest BCUT2D eigenvalue weighted by molar-refractivity contribution is 0.0398. The van der Waals surface area contributed by atoms with Gasteiger partial charge < -0.3 is 15.0 Å². The monoisotopic (exact) mass is 307 g/mol. The van der Waals surface area contributed by atoms with Crippen LogP contribution in [0.15, 0.2) is 12.1 Å². The van der Waals surface area contributed by atoms with E-state index in [0.29, 0.717) is 24.6 Å². The lowest BCUT2D eigenvalue weighted by Gasteiger charge is -2.26. The molecule has 1 aromatic heterocycles. The van der Waals surface area contributed by atoms with Crippen LogP contribution >= 0.6 is 0 Å². The van der Waals surface area contributed by atoms with Crippen molar-refractivity contribution < 1.29 is 9.53 Å². The Labute approximate surface area is 131 Å². The fourth-order valence-corrected chi connectivity index (χ4v) is 2.38. The second-order valence-corrected chi connectivity index (χ2v) is 5.16. The van der Waals surface area contributed by atoms with Gasteiger partial charge in [0, 0.05) is 39.3 Å². The molecule has 0 bridgehead atoms. The van der Waals surface area contributed by atoms with Gasteiger partial charge in [0.1, 0.15) is 5.82 Å². The summed E-state index contributed by atoms with van der Waals surface area (Å²) in [6.07, 6.45) is 0. The highest BCUT2D eigenvalue weighted by Gasteiger charge is 2.14. The van der Waals surface area contributed by atoms with Crippen molar-refractivity contribution in [2.75, 3.05) is 57.8 Å². The highest BCUT2D eigenvalue weighted by Crippen LogP contribution is 2.05. The molecular formula is C15H25N5O2. The van der Waals surface area contributed by atoms with E-state index in [0.717, 1.165) is 39.4 Å². The number of rotatable bonds is 7. The topological polar surface area (TPSA) is 70.6 Å². The first-order chi connectivity index (χ1) is 10.7. The van der Waals surface area contributed by atoms with E-state index in [-0.39, 0.29) is 5.91 Å². The second kappa shape index (κ2) is 8.65. The molecule has 1 fully saturated rings. The molecule has 1 N–H and O–H groups in total. The summed E-state index contributed by atoms with van der Waals surface area (Å²) in [6, 6.07) is 3.54. The van der Waals surface area contributed by atoms with E-state index < -0.39 is 0 Å². The Hall–Kier alpha value is -1.73. The van der Waals surface area contributed by atoms with Gasteiger partial charge in [-0.1, -0.05) is 0 Å². The molecule has 2 rings (SSSR count). The van der Waals surface area contributed by atoms with Gasteiger partial charge in [-0.25, -0.2) is 0 Å². The van der Waals surface area contributed by atoms with E-state index in [4.69, 9.17) is 4.74 Å². The molecule has 0 spiro atoms. The Kier molecular flexibility index (Phi) is 6.54. The van der Waals surface area contributed by atoms with Crippen LogP contribution in [0.4, 0.5) is 5.82 Å². The fraction of sp³-hybridized carbons (Fsp3) is 0.667. The van der Waals surface area contributed by atoms with Gasteiger partial charge in [-0.2, -0.15) is 0 Å². The van der Waals surface area contributed by atoms with Crippen LogP contribution in [0.2, 0.25) is 0 Å². The first-order valence-electron chi connectivity index (χ1n) is 7.91. The number of aromatic nitrogens is 2. The van der Waals surface area contributed by atoms with Gasteiger partial charge in [0.05, 0.1) is 13.2 Å². The highest BCUT2D eigenvalue weighted by molar-refractivity contribution is 5.92. The number of nitrogens with zero attached hydrogens (tertiary/aromatic N) is 4. The van der Waals surface area contributed by atoms with Crippen molar-refractivity contribution in [1.82, 2.24) is 20.0 Å². The van der Waals surface area contributed by atoms with E-state index in [2.05, 4.69) is 20.4 Å². The third-order valence-electron chi connectivity index (χ3n) is 3.77. The zero-order valence-corrected chi connectivity index (χ0v) is 13.4. The van der Waals surface area contributed by atoms with Crippen LogP contribution in [0.5, 0.6) is 0 Å². The summed E-state index contributed by atoms with van der Waals surface area (Å²) in [5.41, 5.74) is 0.391. The minimum absolute atomic E-state index is 0.0719. The average Bonchev–Trinajstić information content (AvgIpc) is 2.57. The average molecular weight is 307 g/mol. The molecule has 7 nitrogen and oxygen atoms in total. The van der Waals surface area contributed by atoms with E-state index in [1.807, 2.05) is 19.9 Å². The number of nitrogens with one attached hydrogen (secondary N) is 1. The number of hydrogen-bond donors (Lipinski definition) is 1. The lowest BCUT2D eigenvalue weighted by Crippen LogP contribution is -2.39. The Balaban J connectivity index is 1.80. The zero-order valence-electron chi connectivity index (χ0n) is 13.4. The van der Waals surface area contributed by atoms with Crippen molar-refractivity contribution in [3.8, 4) is 0 Å². The standard InChI is InChI=1S/C15H25N5O2/c1-3-20(4-2)15(21)13-5-6-14(18-17-13)16-7-8-19-9-11-22-12-10-19/h5-6H,3-4,7-12H2,1-2H3,(H,16,18). The van der Waals surface area contributed by atoms with Crippen LogP contribution in [0.25, 0.3) is 0 Å². The summed E-state index contributed by atoms with van der Waals surface area (Å²) in [7, 11) is 0. The van der Waals surface area contributed by atoms with Crippen molar-refractivity contribution in [2.24, 2.45) is 0 Å². The zero-order chi connectivity index (χ0) is 15.8. The van der Waals surface area contributed by atoms with Gasteiger partial charge in [0.15, 0.2) is 5.69 Å². The van der Waals surface area contributed by atoms with Gasteiger partial charge in [0.25, 0.3) is 5.91 Å². The molecule has 1 aliphatic rings. The first-order valence-corrected chi connectivity index (χ1v) is 7.91. The molecular weight excluding hydrogens is 282 g/mol. The molecule has 1 aromatic rings. The van der Waals surface area contributed by atoms with Crippen molar-refractivity contribution in [3.63, 3.8) is 0 Å². The molecule has 122 valence electrons. The largest absolute Gasteiger partial charge is 0.379 e. The number of hydrogen-bond acceptors (Lipinski definition) is 6. The SMILES string of the molecule is CCN(CC)C(=O)c1ccc(NCCN2CCOCC2)nn1. The van der Waals surface area contributed by atoms with E-state index in [1.54, 1.807) is 11.0 Å². The minimum Gasteiger partial charge on any atom is -0.379 e. The maximum Gasteiger partial charge on any atom is 0.274 e. The summed E-state index contributed by atoms with van der Waals surface area (Å²) >= 11 is 0. The molecule has 0 atom stereocenters. The lowest BCUT2D eigenvalue weighted by atomic mass is 10.3. The highest BCUT2D eigenvalue weighted by atomic mass is 16.5. The maximum absolute atomic E-state index is 12.1. The number of amides is 1. The number of ether oxygens (including phenoxy) is 1. The van der Waals surface area contributed by atoms with E-state index >= 15 is 0 Å². The maximum atomic E-state index is 12.1. The minimum atomic E-state index is -0.0719. The first kappa shape index (κ1) is 16.6. The Morgan fingerprint density at radius 1 is 1.27 bits per heavy atom. The summed E-state index contributed by atoms with van der Waals surface area (Å²) in [4.78, 5) is 16.2. The molecule has 0 aliphatic carbocycles. The molecule has 2 heterocycles. The molecule has 0 saturated carbocycles. The predicted octanol–water partition coefficient (Wildman–Crippen LogP) is 0.703. The molecule has 7 heteroatoms. The van der Waals surface area contributed by atoms with Gasteiger partial charge >= 0.3 is 0 Å². The Morgan fingerprint density at radius 2 is 2.00 bits per heavy atom. The predicted molar refractivity (Wildman–Crippen MR) is 85.0 cm³/mol. The van der Waals surface area contributed by atoms with Crippen LogP contribution in [-0.4, -0.2) is 78.4 Å². The summed E-state index contributed by atoms with van der Waals surface area (Å²) < 4.78 is 5.32. The molecule has 1 aliphatic heterocycles. The molecule has 0 radical (unpaired) electrons. The second-order valence-electron chi connectivity index (χ2n) is 5.16.